The fraction of sp³-hybridized carbons (Fsp3) is 0.667. The Morgan fingerprint density at radius 1 is 1.75 bits per heavy atom. The molecule has 0 heterocycles. The van der Waals surface area contributed by atoms with Crippen molar-refractivity contribution in [1.82, 2.24) is 0 Å². The van der Waals surface area contributed by atoms with E-state index in [0.717, 1.165) is 5.71 Å². The van der Waals surface area contributed by atoms with Crippen LogP contribution in [-0.2, 0) is 4.84 Å². The van der Waals surface area contributed by atoms with Crippen LogP contribution in [0.4, 0.5) is 0 Å². The Bertz CT molecular complexity index is 105. The van der Waals surface area contributed by atoms with Crippen molar-refractivity contribution in [3.8, 4) is 0 Å². The summed E-state index contributed by atoms with van der Waals surface area (Å²) in [6.45, 7) is 1.98. The van der Waals surface area contributed by atoms with Crippen molar-refractivity contribution in [2.45, 2.75) is 19.8 Å². The van der Waals surface area contributed by atoms with Crippen LogP contribution in [0.3, 0.4) is 0 Å². The monoisotopic (exact) mass is 112 g/mol. The minimum atomic E-state index is 0.705. The van der Waals surface area contributed by atoms with Crippen LogP contribution < -0.4 is 0 Å². The van der Waals surface area contributed by atoms with Crippen LogP contribution in [-0.4, -0.2) is 5.71 Å². The molecule has 1 aliphatic rings. The molecule has 8 heavy (non-hydrogen) atoms. The van der Waals surface area contributed by atoms with Gasteiger partial charge in [-0.2, -0.15) is 0 Å². The largest absolute Gasteiger partial charge is 0.392 e. The first kappa shape index (κ1) is 5.60. The van der Waals surface area contributed by atoms with E-state index in [2.05, 4.69) is 17.1 Å². The van der Waals surface area contributed by atoms with E-state index in [0.29, 0.717) is 5.92 Å². The number of oxime groups is 1. The van der Waals surface area contributed by atoms with E-state index in [9.17, 15) is 0 Å². The third-order valence-corrected chi connectivity index (χ3v) is 1.38. The highest BCUT2D eigenvalue weighted by Crippen LogP contribution is 2.30. The summed E-state index contributed by atoms with van der Waals surface area (Å²) in [7, 11) is 3.15. The van der Waals surface area contributed by atoms with Gasteiger partial charge in [0.1, 0.15) is 0 Å². The second kappa shape index (κ2) is 2.16. The van der Waals surface area contributed by atoms with Crippen molar-refractivity contribution in [1.29, 1.82) is 0 Å². The molecule has 2 nitrogen and oxygen atoms in total. The Hall–Kier alpha value is -0.530. The van der Waals surface area contributed by atoms with Crippen LogP contribution in [0.5, 0.6) is 0 Å². The van der Waals surface area contributed by atoms with Crippen LogP contribution in [0.1, 0.15) is 19.8 Å². The topological polar surface area (TPSA) is 21.6 Å². The highest BCUT2D eigenvalue weighted by Gasteiger charge is 2.24. The summed E-state index contributed by atoms with van der Waals surface area (Å²) in [6.07, 6.45) is 2.55. The van der Waals surface area contributed by atoms with E-state index in [1.807, 2.05) is 6.92 Å². The van der Waals surface area contributed by atoms with E-state index in [1.165, 1.54) is 12.8 Å². The third kappa shape index (κ3) is 1.22. The number of hydrogen-bond donors (Lipinski definition) is 0. The van der Waals surface area contributed by atoms with Crippen LogP contribution in [0.2, 0.25) is 0 Å². The Balaban J connectivity index is 2.31. The molecule has 1 rings (SSSR count). The lowest BCUT2D eigenvalue weighted by molar-refractivity contribution is 0.258. The quantitative estimate of drug-likeness (QED) is 0.392. The Labute approximate surface area is 49.5 Å². The normalized spacial score (nSPS) is 21.0. The summed E-state index contributed by atoms with van der Waals surface area (Å²) >= 11 is 0. The molecule has 45 valence electrons. The van der Waals surface area contributed by atoms with Gasteiger partial charge in [-0.05, 0) is 19.8 Å². The fourth-order valence-electron chi connectivity index (χ4n) is 0.677. The molecule has 1 aliphatic carbocycles. The molecule has 0 aromatic carbocycles. The van der Waals surface area contributed by atoms with E-state index >= 15 is 0 Å². The van der Waals surface area contributed by atoms with Crippen molar-refractivity contribution in [3.63, 3.8) is 0 Å². The Kier molecular flexibility index (Phi) is 1.51. The van der Waals surface area contributed by atoms with Gasteiger partial charge in [0.05, 0.1) is 5.71 Å². The maximum Gasteiger partial charge on any atom is 0.153 e. The molecular formula is C6H10NO. The van der Waals surface area contributed by atoms with Gasteiger partial charge in [-0.15, -0.1) is 0 Å². The van der Waals surface area contributed by atoms with E-state index < -0.39 is 0 Å². The molecule has 2 heteroatoms. The number of nitrogens with zero attached hydrogens (tertiary/aromatic N) is 1. The molecule has 0 saturated heterocycles. The summed E-state index contributed by atoms with van der Waals surface area (Å²) < 4.78 is 0. The van der Waals surface area contributed by atoms with E-state index in [4.69, 9.17) is 0 Å². The van der Waals surface area contributed by atoms with Gasteiger partial charge in [-0.1, -0.05) is 5.16 Å². The summed E-state index contributed by atoms with van der Waals surface area (Å²) in [5, 5.41) is 3.69. The average molecular weight is 112 g/mol. The lowest BCUT2D eigenvalue weighted by atomic mass is 10.3. The zero-order chi connectivity index (χ0) is 5.98. The summed E-state index contributed by atoms with van der Waals surface area (Å²) in [5.41, 5.74) is 1.08. The predicted molar refractivity (Wildman–Crippen MR) is 32.3 cm³/mol. The second-order valence-electron chi connectivity index (χ2n) is 2.14. The summed E-state index contributed by atoms with van der Waals surface area (Å²) in [6, 6.07) is 0. The molecule has 0 aromatic heterocycles. The van der Waals surface area contributed by atoms with Gasteiger partial charge in [0.25, 0.3) is 0 Å². The summed E-state index contributed by atoms with van der Waals surface area (Å²) in [4.78, 5) is 4.34. The maximum atomic E-state index is 4.34. The molecule has 0 atom stereocenters. The van der Waals surface area contributed by atoms with Gasteiger partial charge in [0.15, 0.2) is 7.11 Å². The maximum absolute atomic E-state index is 4.34. The third-order valence-electron chi connectivity index (χ3n) is 1.38. The van der Waals surface area contributed by atoms with E-state index in [1.54, 1.807) is 0 Å². The smallest absolute Gasteiger partial charge is 0.153 e. The fourth-order valence-corrected chi connectivity index (χ4v) is 0.677. The van der Waals surface area contributed by atoms with Gasteiger partial charge in [0.2, 0.25) is 0 Å². The van der Waals surface area contributed by atoms with Crippen LogP contribution in [0.15, 0.2) is 5.16 Å². The molecule has 0 N–H and O–H groups in total. The minimum Gasteiger partial charge on any atom is -0.392 e. The molecule has 1 radical (unpaired) electrons. The SMILES string of the molecule is [CH2]O/N=C(\C)C1CC1. The second-order valence-corrected chi connectivity index (χ2v) is 2.14. The Morgan fingerprint density at radius 3 is 2.75 bits per heavy atom. The molecule has 1 saturated carbocycles. The highest BCUT2D eigenvalue weighted by molar-refractivity contribution is 5.85. The van der Waals surface area contributed by atoms with Crippen LogP contribution >= 0.6 is 0 Å². The molecule has 0 amide bonds. The summed E-state index contributed by atoms with van der Waals surface area (Å²) in [5.74, 6) is 0.705. The van der Waals surface area contributed by atoms with E-state index in [-0.39, 0.29) is 0 Å². The minimum absolute atomic E-state index is 0.705. The molecular weight excluding hydrogens is 102 g/mol. The lowest BCUT2D eigenvalue weighted by Crippen LogP contribution is -1.92. The first-order valence-electron chi connectivity index (χ1n) is 2.80. The van der Waals surface area contributed by atoms with Gasteiger partial charge < -0.3 is 4.84 Å². The van der Waals surface area contributed by atoms with Gasteiger partial charge in [-0.25, -0.2) is 0 Å². The van der Waals surface area contributed by atoms with Crippen molar-refractivity contribution >= 4 is 5.71 Å². The van der Waals surface area contributed by atoms with Crippen molar-refractivity contribution < 1.29 is 4.84 Å². The highest BCUT2D eigenvalue weighted by atomic mass is 16.6. The van der Waals surface area contributed by atoms with Crippen LogP contribution in [0.25, 0.3) is 0 Å². The number of rotatable bonds is 2. The molecule has 0 spiro atoms. The molecule has 0 aromatic rings. The van der Waals surface area contributed by atoms with Gasteiger partial charge >= 0.3 is 0 Å². The molecule has 1 fully saturated rings. The standard InChI is InChI=1S/C6H10NO/c1-5(7-8-2)6-3-4-6/h6H,2-4H2,1H3/b7-5+. The van der Waals surface area contributed by atoms with Crippen molar-refractivity contribution in [2.24, 2.45) is 11.1 Å². The lowest BCUT2D eigenvalue weighted by Gasteiger charge is -1.90. The first-order valence-corrected chi connectivity index (χ1v) is 2.80. The zero-order valence-corrected chi connectivity index (χ0v) is 5.05. The van der Waals surface area contributed by atoms with Crippen LogP contribution in [0, 0.1) is 13.0 Å². The first-order chi connectivity index (χ1) is 3.84. The van der Waals surface area contributed by atoms with Gasteiger partial charge in [0, 0.05) is 5.92 Å². The molecule has 0 bridgehead atoms. The molecule has 0 aliphatic heterocycles. The predicted octanol–water partition coefficient (Wildman–Crippen LogP) is 1.58. The van der Waals surface area contributed by atoms with Crippen molar-refractivity contribution in [3.05, 3.63) is 7.11 Å². The number of hydrogen-bond acceptors (Lipinski definition) is 2. The molecule has 0 unspecified atom stereocenters. The zero-order valence-electron chi connectivity index (χ0n) is 5.05. The average Bonchev–Trinajstić information content (AvgIpc) is 2.45. The van der Waals surface area contributed by atoms with Crippen molar-refractivity contribution in [2.75, 3.05) is 0 Å². The Morgan fingerprint density at radius 2 is 2.38 bits per heavy atom. The van der Waals surface area contributed by atoms with Gasteiger partial charge in [-0.3, -0.25) is 0 Å².